The second-order valence-electron chi connectivity index (χ2n) is 2.70. The zero-order valence-electron chi connectivity index (χ0n) is 11.4. The summed E-state index contributed by atoms with van der Waals surface area (Å²) in [5, 5.41) is 7.85. The van der Waals surface area contributed by atoms with Gasteiger partial charge in [-0.05, 0) is 24.3 Å². The molecule has 98 valence electrons. The van der Waals surface area contributed by atoms with Crippen LogP contribution in [0.15, 0.2) is 46.9 Å². The van der Waals surface area contributed by atoms with Gasteiger partial charge < -0.3 is 10.7 Å². The van der Waals surface area contributed by atoms with Crippen LogP contribution in [0, 0.1) is 0 Å². The highest BCUT2D eigenvalue weighted by molar-refractivity contribution is 5.47. The molecule has 5 nitrogen and oxygen atoms in total. The second kappa shape index (κ2) is 10.0. The van der Waals surface area contributed by atoms with Gasteiger partial charge >= 0.3 is 0 Å². The van der Waals surface area contributed by atoms with Crippen LogP contribution in [0.4, 0.5) is 17.3 Å². The van der Waals surface area contributed by atoms with E-state index in [1.807, 2.05) is 27.7 Å². The fourth-order valence-corrected chi connectivity index (χ4v) is 0.958. The van der Waals surface area contributed by atoms with Crippen LogP contribution in [-0.2, 0) is 0 Å². The Hall–Kier alpha value is -2.17. The van der Waals surface area contributed by atoms with Crippen LogP contribution in [0.25, 0.3) is 0 Å². The first kappa shape index (κ1) is 15.8. The molecule has 5 heteroatoms. The van der Waals surface area contributed by atoms with Crippen molar-refractivity contribution in [3.63, 3.8) is 0 Å². The number of H-pyrrole nitrogens is 1. The molecule has 0 saturated heterocycles. The zero-order chi connectivity index (χ0) is 13.8. The van der Waals surface area contributed by atoms with Gasteiger partial charge in [-0.3, -0.25) is 0 Å². The van der Waals surface area contributed by atoms with Gasteiger partial charge in [-0.1, -0.05) is 27.7 Å². The van der Waals surface area contributed by atoms with Crippen LogP contribution in [0.3, 0.4) is 0 Å². The smallest absolute Gasteiger partial charge is 0.246 e. The summed E-state index contributed by atoms with van der Waals surface area (Å²) in [6, 6.07) is 7.14. The first-order chi connectivity index (χ1) is 8.84. The minimum Gasteiger partial charge on any atom is -0.399 e. The van der Waals surface area contributed by atoms with E-state index in [4.69, 9.17) is 5.73 Å². The van der Waals surface area contributed by atoms with Gasteiger partial charge in [0, 0.05) is 18.1 Å². The number of anilines is 1. The van der Waals surface area contributed by atoms with Gasteiger partial charge in [0.2, 0.25) is 5.95 Å². The average molecular weight is 247 g/mol. The number of aromatic amines is 1. The molecule has 0 amide bonds. The molecule has 0 aliphatic heterocycles. The van der Waals surface area contributed by atoms with Gasteiger partial charge in [-0.15, -0.1) is 10.2 Å². The summed E-state index contributed by atoms with van der Waals surface area (Å²) in [5.41, 5.74) is 6.98. The van der Waals surface area contributed by atoms with Crippen molar-refractivity contribution in [3.05, 3.63) is 36.7 Å². The molecular weight excluding hydrogens is 226 g/mol. The lowest BCUT2D eigenvalue weighted by Crippen LogP contribution is -1.80. The van der Waals surface area contributed by atoms with E-state index in [1.165, 1.54) is 0 Å². The highest BCUT2D eigenvalue weighted by atomic mass is 15.2. The minimum atomic E-state index is 0.488. The van der Waals surface area contributed by atoms with Gasteiger partial charge in [0.25, 0.3) is 0 Å². The van der Waals surface area contributed by atoms with E-state index in [0.29, 0.717) is 11.6 Å². The number of nitrogen functional groups attached to an aromatic ring is 1. The molecule has 2 aromatic rings. The molecule has 0 spiro atoms. The van der Waals surface area contributed by atoms with Gasteiger partial charge in [0.1, 0.15) is 0 Å². The number of nitrogens with two attached hydrogens (primary N) is 1. The maximum Gasteiger partial charge on any atom is 0.246 e. The Morgan fingerprint density at radius 2 is 1.61 bits per heavy atom. The molecule has 3 N–H and O–H groups in total. The second-order valence-corrected chi connectivity index (χ2v) is 2.70. The third-order valence-electron chi connectivity index (χ3n) is 1.64. The Kier molecular flexibility index (Phi) is 8.81. The van der Waals surface area contributed by atoms with Gasteiger partial charge in [-0.2, -0.15) is 0 Å². The molecule has 1 aromatic carbocycles. The molecule has 1 heterocycles. The summed E-state index contributed by atoms with van der Waals surface area (Å²) in [7, 11) is 0. The molecule has 0 aliphatic carbocycles. The fraction of sp³-hybridized carbons (Fsp3) is 0.308. The fourth-order valence-electron chi connectivity index (χ4n) is 0.958. The number of nitrogens with zero attached hydrogens (tertiary/aromatic N) is 3. The normalized spacial score (nSPS) is 9.11. The lowest BCUT2D eigenvalue weighted by molar-refractivity contribution is 1.12. The summed E-state index contributed by atoms with van der Waals surface area (Å²) in [6.45, 7) is 8.00. The summed E-state index contributed by atoms with van der Waals surface area (Å²) in [6.07, 6.45) is 3.31. The van der Waals surface area contributed by atoms with Gasteiger partial charge in [0.05, 0.1) is 5.69 Å². The standard InChI is InChI=1S/C9H9N5.2C2H6/c10-7-1-3-8(4-2-7)13-14-9-11-5-6-12-9;2*1-2/h1-6H,10H2,(H,11,12);2*1-2H3. The summed E-state index contributed by atoms with van der Waals surface area (Å²) in [4.78, 5) is 6.73. The maximum atomic E-state index is 5.53. The molecule has 0 saturated carbocycles. The number of aromatic nitrogens is 2. The molecule has 0 atom stereocenters. The largest absolute Gasteiger partial charge is 0.399 e. The van der Waals surface area contributed by atoms with E-state index in [-0.39, 0.29) is 0 Å². The molecule has 0 unspecified atom stereocenters. The van der Waals surface area contributed by atoms with Gasteiger partial charge in [-0.25, -0.2) is 4.98 Å². The monoisotopic (exact) mass is 247 g/mol. The predicted octanol–water partition coefficient (Wildman–Crippen LogP) is 4.46. The van der Waals surface area contributed by atoms with Crippen LogP contribution in [0.1, 0.15) is 27.7 Å². The van der Waals surface area contributed by atoms with Crippen molar-refractivity contribution in [2.24, 2.45) is 10.2 Å². The van der Waals surface area contributed by atoms with E-state index in [9.17, 15) is 0 Å². The number of hydrogen-bond donors (Lipinski definition) is 2. The highest BCUT2D eigenvalue weighted by Gasteiger charge is 1.90. The van der Waals surface area contributed by atoms with Gasteiger partial charge in [0.15, 0.2) is 0 Å². The SMILES string of the molecule is CC.CC.Nc1ccc(N=Nc2ncc[nH]2)cc1. The topological polar surface area (TPSA) is 79.4 Å². The molecule has 2 rings (SSSR count). The number of hydrogen-bond acceptors (Lipinski definition) is 4. The van der Waals surface area contributed by atoms with Crippen molar-refractivity contribution in [2.45, 2.75) is 27.7 Å². The number of azo groups is 1. The lowest BCUT2D eigenvalue weighted by atomic mass is 10.3. The molecular formula is C13H21N5. The van der Waals surface area contributed by atoms with Crippen molar-refractivity contribution in [1.82, 2.24) is 9.97 Å². The molecule has 18 heavy (non-hydrogen) atoms. The molecule has 0 aliphatic rings. The minimum absolute atomic E-state index is 0.488. The van der Waals surface area contributed by atoms with Crippen LogP contribution in [0.5, 0.6) is 0 Å². The van der Waals surface area contributed by atoms with E-state index in [1.54, 1.807) is 36.7 Å². The third-order valence-corrected chi connectivity index (χ3v) is 1.64. The van der Waals surface area contributed by atoms with E-state index in [2.05, 4.69) is 20.2 Å². The average Bonchev–Trinajstić information content (AvgIpc) is 2.96. The van der Waals surface area contributed by atoms with Crippen molar-refractivity contribution in [3.8, 4) is 0 Å². The molecule has 1 aromatic heterocycles. The Balaban J connectivity index is 0.000000659. The Labute approximate surface area is 108 Å². The van der Waals surface area contributed by atoms with Crippen LogP contribution in [0.2, 0.25) is 0 Å². The van der Waals surface area contributed by atoms with Crippen molar-refractivity contribution in [2.75, 3.05) is 5.73 Å². The molecule has 0 radical (unpaired) electrons. The Morgan fingerprint density at radius 1 is 1.00 bits per heavy atom. The van der Waals surface area contributed by atoms with Crippen LogP contribution >= 0.6 is 0 Å². The van der Waals surface area contributed by atoms with E-state index >= 15 is 0 Å². The lowest BCUT2D eigenvalue weighted by Gasteiger charge is -1.92. The quantitative estimate of drug-likeness (QED) is 0.607. The number of imidazole rings is 1. The first-order valence-corrected chi connectivity index (χ1v) is 6.11. The number of nitrogens with one attached hydrogen (secondary N) is 1. The van der Waals surface area contributed by atoms with Crippen molar-refractivity contribution >= 4 is 17.3 Å². The van der Waals surface area contributed by atoms with Crippen molar-refractivity contribution < 1.29 is 0 Å². The number of benzene rings is 1. The summed E-state index contributed by atoms with van der Waals surface area (Å²) >= 11 is 0. The van der Waals surface area contributed by atoms with E-state index in [0.717, 1.165) is 5.69 Å². The van der Waals surface area contributed by atoms with Crippen LogP contribution < -0.4 is 5.73 Å². The zero-order valence-corrected chi connectivity index (χ0v) is 11.4. The summed E-state index contributed by atoms with van der Waals surface area (Å²) in [5.74, 6) is 0.488. The number of rotatable bonds is 2. The Bertz CT molecular complexity index is 417. The molecule has 0 bridgehead atoms. The highest BCUT2D eigenvalue weighted by Crippen LogP contribution is 2.16. The maximum absolute atomic E-state index is 5.53. The van der Waals surface area contributed by atoms with E-state index < -0.39 is 0 Å². The third kappa shape index (κ3) is 5.79. The molecule has 0 fully saturated rings. The Morgan fingerprint density at radius 3 is 2.11 bits per heavy atom. The predicted molar refractivity (Wildman–Crippen MR) is 76.3 cm³/mol. The van der Waals surface area contributed by atoms with Crippen LogP contribution in [-0.4, -0.2) is 9.97 Å². The summed E-state index contributed by atoms with van der Waals surface area (Å²) < 4.78 is 0. The van der Waals surface area contributed by atoms with Crippen molar-refractivity contribution in [1.29, 1.82) is 0 Å². The first-order valence-electron chi connectivity index (χ1n) is 6.11.